The lowest BCUT2D eigenvalue weighted by molar-refractivity contribution is 0.210. The summed E-state index contributed by atoms with van der Waals surface area (Å²) in [5.41, 5.74) is 8.58. The van der Waals surface area contributed by atoms with Crippen LogP contribution in [0.2, 0.25) is 5.02 Å². The van der Waals surface area contributed by atoms with Crippen molar-refractivity contribution in [2.45, 2.75) is 0 Å². The first-order chi connectivity index (χ1) is 8.56. The Labute approximate surface area is 109 Å². The van der Waals surface area contributed by atoms with Gasteiger partial charge >= 0.3 is 6.09 Å². The fourth-order valence-corrected chi connectivity index (χ4v) is 1.76. The molecule has 0 radical (unpaired) electrons. The van der Waals surface area contributed by atoms with Gasteiger partial charge in [-0.1, -0.05) is 23.7 Å². The zero-order valence-corrected chi connectivity index (χ0v) is 10.1. The predicted molar refractivity (Wildman–Crippen MR) is 72.9 cm³/mol. The predicted octanol–water partition coefficient (Wildman–Crippen LogP) is 3.68. The van der Waals surface area contributed by atoms with E-state index in [4.69, 9.17) is 22.4 Å². The molecular weight excluding hydrogens is 252 g/mol. The highest BCUT2D eigenvalue weighted by molar-refractivity contribution is 6.30. The van der Waals surface area contributed by atoms with E-state index in [1.54, 1.807) is 30.3 Å². The van der Waals surface area contributed by atoms with Crippen molar-refractivity contribution >= 4 is 29.1 Å². The number of rotatable bonds is 2. The molecule has 0 bridgehead atoms. The average Bonchev–Trinajstić information content (AvgIpc) is 2.32. The molecule has 2 aromatic carbocycles. The number of benzene rings is 2. The Morgan fingerprint density at radius 2 is 1.83 bits per heavy atom. The summed E-state index contributed by atoms with van der Waals surface area (Å²) in [5.74, 6) is 0. The molecule has 4 N–H and O–H groups in total. The van der Waals surface area contributed by atoms with Gasteiger partial charge in [-0.3, -0.25) is 5.32 Å². The fraction of sp³-hybridized carbons (Fsp3) is 0. The van der Waals surface area contributed by atoms with E-state index in [2.05, 4.69) is 5.32 Å². The van der Waals surface area contributed by atoms with Gasteiger partial charge in [0.15, 0.2) is 0 Å². The van der Waals surface area contributed by atoms with Crippen LogP contribution in [0.5, 0.6) is 0 Å². The Hall–Kier alpha value is -2.20. The molecule has 5 heteroatoms. The zero-order chi connectivity index (χ0) is 13.1. The third kappa shape index (κ3) is 2.73. The van der Waals surface area contributed by atoms with E-state index >= 15 is 0 Å². The van der Waals surface area contributed by atoms with Crippen LogP contribution in [-0.2, 0) is 0 Å². The summed E-state index contributed by atoms with van der Waals surface area (Å²) in [4.78, 5) is 10.6. The van der Waals surface area contributed by atoms with Crippen molar-refractivity contribution in [3.8, 4) is 11.1 Å². The molecular formula is C13H11ClN2O2. The van der Waals surface area contributed by atoms with Crippen molar-refractivity contribution in [2.24, 2.45) is 0 Å². The van der Waals surface area contributed by atoms with Crippen LogP contribution in [0.1, 0.15) is 0 Å². The van der Waals surface area contributed by atoms with Crippen LogP contribution in [0.4, 0.5) is 16.2 Å². The van der Waals surface area contributed by atoms with E-state index in [1.165, 1.54) is 0 Å². The highest BCUT2D eigenvalue weighted by Gasteiger charge is 2.05. The molecule has 0 aliphatic carbocycles. The third-order valence-corrected chi connectivity index (χ3v) is 2.71. The van der Waals surface area contributed by atoms with Crippen molar-refractivity contribution in [2.75, 3.05) is 11.1 Å². The fourth-order valence-electron chi connectivity index (χ4n) is 1.64. The molecule has 0 atom stereocenters. The van der Waals surface area contributed by atoms with Crippen molar-refractivity contribution in [1.29, 1.82) is 0 Å². The van der Waals surface area contributed by atoms with Gasteiger partial charge in [0.2, 0.25) is 0 Å². The van der Waals surface area contributed by atoms with Crippen molar-refractivity contribution in [3.63, 3.8) is 0 Å². The van der Waals surface area contributed by atoms with Gasteiger partial charge in [-0.2, -0.15) is 0 Å². The van der Waals surface area contributed by atoms with E-state index in [1.807, 2.05) is 12.1 Å². The maximum Gasteiger partial charge on any atom is 0.409 e. The summed E-state index contributed by atoms with van der Waals surface area (Å²) >= 11 is 5.82. The van der Waals surface area contributed by atoms with E-state index in [9.17, 15) is 4.79 Å². The van der Waals surface area contributed by atoms with Crippen LogP contribution >= 0.6 is 11.6 Å². The first-order valence-electron chi connectivity index (χ1n) is 5.21. The highest BCUT2D eigenvalue weighted by atomic mass is 35.5. The van der Waals surface area contributed by atoms with E-state index < -0.39 is 6.09 Å². The second kappa shape index (κ2) is 4.98. The number of nitrogens with one attached hydrogen (secondary N) is 1. The molecule has 0 aliphatic heterocycles. The maximum atomic E-state index is 10.6. The van der Waals surface area contributed by atoms with Crippen molar-refractivity contribution < 1.29 is 9.90 Å². The van der Waals surface area contributed by atoms with Crippen LogP contribution in [0.3, 0.4) is 0 Å². The van der Waals surface area contributed by atoms with Crippen LogP contribution in [0.25, 0.3) is 11.1 Å². The topological polar surface area (TPSA) is 75.3 Å². The Balaban J connectivity index is 2.42. The van der Waals surface area contributed by atoms with Crippen LogP contribution in [0, 0.1) is 0 Å². The zero-order valence-electron chi connectivity index (χ0n) is 9.35. The number of nitrogens with two attached hydrogens (primary N) is 1. The minimum absolute atomic E-state index is 0.474. The monoisotopic (exact) mass is 262 g/mol. The molecule has 18 heavy (non-hydrogen) atoms. The molecule has 0 aliphatic rings. The number of hydrogen-bond donors (Lipinski definition) is 3. The second-order valence-electron chi connectivity index (χ2n) is 3.74. The normalized spacial score (nSPS) is 10.1. The molecule has 2 aromatic rings. The Morgan fingerprint density at radius 3 is 2.44 bits per heavy atom. The van der Waals surface area contributed by atoms with Gasteiger partial charge in [0.05, 0.1) is 0 Å². The number of carboxylic acid groups (broad SMARTS) is 1. The Morgan fingerprint density at radius 1 is 1.17 bits per heavy atom. The molecule has 0 aromatic heterocycles. The first kappa shape index (κ1) is 12.3. The summed E-state index contributed by atoms with van der Waals surface area (Å²) < 4.78 is 0. The Bertz CT molecular complexity index is 582. The number of carbonyl (C=O) groups is 1. The molecule has 0 unspecified atom stereocenters. The van der Waals surface area contributed by atoms with Gasteiger partial charge in [0, 0.05) is 22.0 Å². The quantitative estimate of drug-likeness (QED) is 0.723. The smallest absolute Gasteiger partial charge is 0.409 e. The van der Waals surface area contributed by atoms with Crippen LogP contribution in [-0.4, -0.2) is 11.2 Å². The lowest BCUT2D eigenvalue weighted by atomic mass is 10.0. The van der Waals surface area contributed by atoms with Crippen molar-refractivity contribution in [1.82, 2.24) is 0 Å². The molecule has 0 saturated carbocycles. The van der Waals surface area contributed by atoms with Gasteiger partial charge < -0.3 is 10.8 Å². The maximum absolute atomic E-state index is 10.6. The molecule has 2 rings (SSSR count). The highest BCUT2D eigenvalue weighted by Crippen LogP contribution is 2.29. The summed E-state index contributed by atoms with van der Waals surface area (Å²) in [6.07, 6.45) is -1.11. The van der Waals surface area contributed by atoms with Gasteiger partial charge in [-0.05, 0) is 35.9 Å². The standard InChI is InChI=1S/C13H11ClN2O2/c14-9-3-1-8(2-4-9)11-7-10(16-13(17)18)5-6-12(11)15/h1-7,16H,15H2,(H,17,18). The molecule has 4 nitrogen and oxygen atoms in total. The number of nitrogen functional groups attached to an aromatic ring is 1. The lowest BCUT2D eigenvalue weighted by Gasteiger charge is -2.09. The number of amides is 1. The number of anilines is 2. The van der Waals surface area contributed by atoms with Gasteiger partial charge in [0.25, 0.3) is 0 Å². The van der Waals surface area contributed by atoms with Crippen LogP contribution < -0.4 is 11.1 Å². The molecule has 0 heterocycles. The summed E-state index contributed by atoms with van der Waals surface area (Å²) in [6, 6.07) is 12.1. The van der Waals surface area contributed by atoms with Crippen LogP contribution in [0.15, 0.2) is 42.5 Å². The SMILES string of the molecule is Nc1ccc(NC(=O)O)cc1-c1ccc(Cl)cc1. The lowest BCUT2D eigenvalue weighted by Crippen LogP contribution is -2.07. The molecule has 0 spiro atoms. The summed E-state index contributed by atoms with van der Waals surface area (Å²) in [6.45, 7) is 0. The average molecular weight is 263 g/mol. The molecule has 92 valence electrons. The number of halogens is 1. The molecule has 1 amide bonds. The largest absolute Gasteiger partial charge is 0.465 e. The van der Waals surface area contributed by atoms with E-state index in [0.717, 1.165) is 11.1 Å². The summed E-state index contributed by atoms with van der Waals surface area (Å²) in [7, 11) is 0. The Kier molecular flexibility index (Phi) is 3.39. The second-order valence-corrected chi connectivity index (χ2v) is 4.18. The summed E-state index contributed by atoms with van der Waals surface area (Å²) in [5, 5.41) is 11.6. The number of hydrogen-bond acceptors (Lipinski definition) is 2. The minimum atomic E-state index is -1.11. The van der Waals surface area contributed by atoms with Gasteiger partial charge in [-0.15, -0.1) is 0 Å². The van der Waals surface area contributed by atoms with Crippen molar-refractivity contribution in [3.05, 3.63) is 47.5 Å². The van der Waals surface area contributed by atoms with Gasteiger partial charge in [0.1, 0.15) is 0 Å². The minimum Gasteiger partial charge on any atom is -0.465 e. The third-order valence-electron chi connectivity index (χ3n) is 2.46. The first-order valence-corrected chi connectivity index (χ1v) is 5.59. The van der Waals surface area contributed by atoms with E-state index in [0.29, 0.717) is 16.4 Å². The molecule has 0 saturated heterocycles. The van der Waals surface area contributed by atoms with E-state index in [-0.39, 0.29) is 0 Å². The molecule has 0 fully saturated rings. The van der Waals surface area contributed by atoms with Gasteiger partial charge in [-0.25, -0.2) is 4.79 Å².